The maximum atomic E-state index is 12.0. The van der Waals surface area contributed by atoms with Crippen molar-refractivity contribution >= 4 is 39.7 Å². The molecule has 0 aromatic heterocycles. The average molecular weight is 394 g/mol. The van der Waals surface area contributed by atoms with Gasteiger partial charge in [-0.3, -0.25) is 14.9 Å². The molecule has 0 spiro atoms. The van der Waals surface area contributed by atoms with Gasteiger partial charge in [0.05, 0.1) is 9.82 Å². The van der Waals surface area contributed by atoms with E-state index in [4.69, 9.17) is 5.14 Å². The molecule has 4 N–H and O–H groups in total. The van der Waals surface area contributed by atoms with Crippen molar-refractivity contribution in [3.05, 3.63) is 28.3 Å². The van der Waals surface area contributed by atoms with Gasteiger partial charge in [0, 0.05) is 45.2 Å². The summed E-state index contributed by atoms with van der Waals surface area (Å²) in [6.45, 7) is 2.99. The van der Waals surface area contributed by atoms with Crippen LogP contribution in [0.15, 0.2) is 23.1 Å². The predicted molar refractivity (Wildman–Crippen MR) is 94.3 cm³/mol. The Morgan fingerprint density at radius 1 is 1.36 bits per heavy atom. The number of sulfonamides is 1. The highest BCUT2D eigenvalue weighted by Crippen LogP contribution is 2.27. The van der Waals surface area contributed by atoms with Crippen LogP contribution >= 0.6 is 12.4 Å². The monoisotopic (exact) mass is 393 g/mol. The van der Waals surface area contributed by atoms with E-state index in [1.807, 2.05) is 0 Å². The van der Waals surface area contributed by atoms with Crippen LogP contribution in [-0.4, -0.2) is 56.9 Å². The summed E-state index contributed by atoms with van der Waals surface area (Å²) in [6, 6.07) is 3.35. The SMILES string of the molecule is Cl.NS(=O)(=O)c1ccc(NCCC(=O)N2CCNCC2)c([N+](=O)[O-])c1. The van der Waals surface area contributed by atoms with Crippen LogP contribution in [0.3, 0.4) is 0 Å². The second-order valence-electron chi connectivity index (χ2n) is 5.29. The summed E-state index contributed by atoms with van der Waals surface area (Å²) in [5.41, 5.74) is -0.267. The van der Waals surface area contributed by atoms with Crippen molar-refractivity contribution in [1.29, 1.82) is 0 Å². The van der Waals surface area contributed by atoms with E-state index in [1.54, 1.807) is 4.90 Å². The van der Waals surface area contributed by atoms with Crippen LogP contribution in [0.5, 0.6) is 0 Å². The molecule has 1 amide bonds. The molecule has 0 atom stereocenters. The van der Waals surface area contributed by atoms with E-state index >= 15 is 0 Å². The molecule has 10 nitrogen and oxygen atoms in total. The molecule has 1 fully saturated rings. The molecule has 1 aromatic carbocycles. The fourth-order valence-corrected chi connectivity index (χ4v) is 2.90. The second-order valence-corrected chi connectivity index (χ2v) is 6.85. The number of nitrogens with zero attached hydrogens (tertiary/aromatic N) is 2. The summed E-state index contributed by atoms with van der Waals surface area (Å²) in [4.78, 5) is 23.8. The van der Waals surface area contributed by atoms with Crippen LogP contribution in [0, 0.1) is 10.1 Å². The van der Waals surface area contributed by atoms with E-state index in [9.17, 15) is 23.3 Å². The zero-order valence-corrected chi connectivity index (χ0v) is 14.9. The Kier molecular flexibility index (Phi) is 7.55. The molecule has 1 saturated heterocycles. The Labute approximate surface area is 151 Å². The maximum absolute atomic E-state index is 12.0. The summed E-state index contributed by atoms with van der Waals surface area (Å²) < 4.78 is 22.6. The summed E-state index contributed by atoms with van der Waals surface area (Å²) >= 11 is 0. The Morgan fingerprint density at radius 2 is 2.00 bits per heavy atom. The second kappa shape index (κ2) is 8.94. The van der Waals surface area contributed by atoms with E-state index in [-0.39, 0.29) is 41.9 Å². The van der Waals surface area contributed by atoms with Crippen LogP contribution in [0.4, 0.5) is 11.4 Å². The highest BCUT2D eigenvalue weighted by molar-refractivity contribution is 7.89. The Hall–Kier alpha value is -1.95. The minimum atomic E-state index is -4.02. The molecular weight excluding hydrogens is 374 g/mol. The first-order valence-electron chi connectivity index (χ1n) is 7.32. The van der Waals surface area contributed by atoms with Crippen molar-refractivity contribution in [2.75, 3.05) is 38.0 Å². The van der Waals surface area contributed by atoms with Crippen molar-refractivity contribution in [2.45, 2.75) is 11.3 Å². The molecular formula is C13H20ClN5O5S. The van der Waals surface area contributed by atoms with Gasteiger partial charge in [-0.05, 0) is 12.1 Å². The van der Waals surface area contributed by atoms with E-state index in [1.165, 1.54) is 12.1 Å². The number of hydrogen-bond donors (Lipinski definition) is 3. The molecule has 1 aliphatic heterocycles. The molecule has 0 unspecified atom stereocenters. The minimum Gasteiger partial charge on any atom is -0.379 e. The normalized spacial score (nSPS) is 14.5. The van der Waals surface area contributed by atoms with Crippen molar-refractivity contribution in [1.82, 2.24) is 10.2 Å². The van der Waals surface area contributed by atoms with Gasteiger partial charge in [0.15, 0.2) is 0 Å². The molecule has 0 saturated carbocycles. The topological polar surface area (TPSA) is 148 Å². The Balaban J connectivity index is 0.00000312. The first kappa shape index (κ1) is 21.1. The van der Waals surface area contributed by atoms with Gasteiger partial charge < -0.3 is 15.5 Å². The summed E-state index contributed by atoms with van der Waals surface area (Å²) in [5.74, 6) is -0.0344. The Bertz CT molecular complexity index is 736. The first-order valence-corrected chi connectivity index (χ1v) is 8.87. The molecule has 1 aromatic rings. The third-order valence-corrected chi connectivity index (χ3v) is 4.53. The van der Waals surface area contributed by atoms with Crippen molar-refractivity contribution in [3.8, 4) is 0 Å². The summed E-state index contributed by atoms with van der Waals surface area (Å²) in [5, 5.41) is 22.0. The fourth-order valence-electron chi connectivity index (χ4n) is 2.37. The molecule has 0 radical (unpaired) electrons. The van der Waals surface area contributed by atoms with Crippen LogP contribution in [0.25, 0.3) is 0 Å². The lowest BCUT2D eigenvalue weighted by atomic mass is 10.2. The number of nitro groups is 1. The van der Waals surface area contributed by atoms with Gasteiger partial charge in [0.2, 0.25) is 15.9 Å². The number of carbonyl (C=O) groups is 1. The predicted octanol–water partition coefficient (Wildman–Crippen LogP) is -0.102. The summed E-state index contributed by atoms with van der Waals surface area (Å²) in [7, 11) is -4.02. The zero-order chi connectivity index (χ0) is 17.7. The number of halogens is 1. The maximum Gasteiger partial charge on any atom is 0.293 e. The number of benzene rings is 1. The number of primary sulfonamides is 1. The molecule has 12 heteroatoms. The number of nitro benzene ring substituents is 1. The number of amides is 1. The minimum absolute atomic E-state index is 0. The molecule has 1 aliphatic rings. The number of carbonyl (C=O) groups excluding carboxylic acids is 1. The third kappa shape index (κ3) is 5.81. The highest BCUT2D eigenvalue weighted by Gasteiger charge is 2.20. The molecule has 0 aliphatic carbocycles. The fraction of sp³-hybridized carbons (Fsp3) is 0.462. The van der Waals surface area contributed by atoms with Crippen LogP contribution in [0.2, 0.25) is 0 Å². The summed E-state index contributed by atoms with van der Waals surface area (Å²) in [6.07, 6.45) is 0.189. The van der Waals surface area contributed by atoms with Crippen LogP contribution < -0.4 is 15.8 Å². The van der Waals surface area contributed by atoms with E-state index < -0.39 is 20.6 Å². The van der Waals surface area contributed by atoms with E-state index in [0.29, 0.717) is 13.1 Å². The quantitative estimate of drug-likeness (QED) is 0.451. The lowest BCUT2D eigenvalue weighted by molar-refractivity contribution is -0.384. The average Bonchev–Trinajstić information content (AvgIpc) is 2.54. The van der Waals surface area contributed by atoms with Crippen molar-refractivity contribution in [3.63, 3.8) is 0 Å². The molecule has 1 heterocycles. The van der Waals surface area contributed by atoms with Gasteiger partial charge >= 0.3 is 0 Å². The van der Waals surface area contributed by atoms with Gasteiger partial charge in [-0.25, -0.2) is 13.6 Å². The third-order valence-electron chi connectivity index (χ3n) is 3.62. The zero-order valence-electron chi connectivity index (χ0n) is 13.3. The number of rotatable bonds is 6. The Morgan fingerprint density at radius 3 is 2.56 bits per heavy atom. The van der Waals surface area contributed by atoms with Crippen molar-refractivity contribution < 1.29 is 18.1 Å². The molecule has 2 rings (SSSR count). The number of piperazine rings is 1. The van der Waals surface area contributed by atoms with Gasteiger partial charge in [0.1, 0.15) is 5.69 Å². The van der Waals surface area contributed by atoms with E-state index in [2.05, 4.69) is 10.6 Å². The van der Waals surface area contributed by atoms with Gasteiger partial charge in [-0.15, -0.1) is 12.4 Å². The van der Waals surface area contributed by atoms with Gasteiger partial charge in [0.25, 0.3) is 5.69 Å². The first-order chi connectivity index (χ1) is 11.3. The highest BCUT2D eigenvalue weighted by atomic mass is 35.5. The van der Waals surface area contributed by atoms with Gasteiger partial charge in [-0.2, -0.15) is 0 Å². The number of hydrogen-bond acceptors (Lipinski definition) is 7. The van der Waals surface area contributed by atoms with Crippen molar-refractivity contribution in [2.24, 2.45) is 5.14 Å². The van der Waals surface area contributed by atoms with Crippen LogP contribution in [0.1, 0.15) is 6.42 Å². The number of nitrogens with one attached hydrogen (secondary N) is 2. The standard InChI is InChI=1S/C13H19N5O5S.ClH/c14-24(22,23)10-1-2-11(12(9-10)18(20)21)16-4-3-13(19)17-7-5-15-6-8-17;/h1-2,9,15-16H,3-8H2,(H2,14,22,23);1H. The smallest absolute Gasteiger partial charge is 0.293 e. The lowest BCUT2D eigenvalue weighted by Crippen LogP contribution is -2.46. The molecule has 25 heavy (non-hydrogen) atoms. The van der Waals surface area contributed by atoms with Gasteiger partial charge in [-0.1, -0.05) is 0 Å². The lowest BCUT2D eigenvalue weighted by Gasteiger charge is -2.27. The van der Waals surface area contributed by atoms with E-state index in [0.717, 1.165) is 19.2 Å². The number of nitrogens with two attached hydrogens (primary N) is 1. The van der Waals surface area contributed by atoms with Crippen LogP contribution in [-0.2, 0) is 14.8 Å². The molecule has 140 valence electrons. The largest absolute Gasteiger partial charge is 0.379 e. The number of anilines is 1. The molecule has 0 bridgehead atoms.